The normalized spacial score (nSPS) is 17.1. The minimum Gasteiger partial charge on any atom is -0.508 e. The lowest BCUT2D eigenvalue weighted by atomic mass is 9.84. The Morgan fingerprint density at radius 1 is 1.22 bits per heavy atom. The van der Waals surface area contributed by atoms with Crippen molar-refractivity contribution in [3.63, 3.8) is 0 Å². The van der Waals surface area contributed by atoms with Crippen LogP contribution in [0, 0.1) is 5.92 Å². The van der Waals surface area contributed by atoms with Crippen LogP contribution in [0.15, 0.2) is 18.2 Å². The molecule has 2 heteroatoms. The molecule has 0 aliphatic heterocycles. The first-order valence-corrected chi connectivity index (χ1v) is 7.13. The van der Waals surface area contributed by atoms with Gasteiger partial charge in [0.25, 0.3) is 0 Å². The third-order valence-corrected chi connectivity index (χ3v) is 3.64. The molecule has 100 valence electrons. The molecule has 1 saturated carbocycles. The average Bonchev–Trinajstić information content (AvgIpc) is 2.33. The maximum absolute atomic E-state index is 9.65. The molecule has 0 aromatic heterocycles. The fourth-order valence-corrected chi connectivity index (χ4v) is 2.80. The number of ether oxygens (including phenoxy) is 1. The number of benzene rings is 1. The lowest BCUT2D eigenvalue weighted by molar-refractivity contribution is 0.237. The maximum atomic E-state index is 9.65. The summed E-state index contributed by atoms with van der Waals surface area (Å²) in [5.41, 5.74) is 1.16. The second-order valence-electron chi connectivity index (χ2n) is 5.67. The van der Waals surface area contributed by atoms with Crippen molar-refractivity contribution in [2.45, 2.75) is 58.5 Å². The predicted molar refractivity (Wildman–Crippen MR) is 74.1 cm³/mol. The molecule has 1 fully saturated rings. The Kier molecular flexibility index (Phi) is 4.51. The summed E-state index contributed by atoms with van der Waals surface area (Å²) in [6, 6.07) is 5.47. The van der Waals surface area contributed by atoms with E-state index >= 15 is 0 Å². The molecule has 0 saturated heterocycles. The molecule has 1 N–H and O–H groups in total. The summed E-state index contributed by atoms with van der Waals surface area (Å²) in [6.45, 7) is 4.08. The molecule has 1 aliphatic carbocycles. The molecule has 0 unspecified atom stereocenters. The smallest absolute Gasteiger partial charge is 0.123 e. The van der Waals surface area contributed by atoms with Gasteiger partial charge in [-0.15, -0.1) is 0 Å². The average molecular weight is 248 g/mol. The first-order valence-electron chi connectivity index (χ1n) is 7.13. The molecule has 1 aliphatic rings. The Bertz CT molecular complexity index is 379. The van der Waals surface area contributed by atoms with Crippen LogP contribution in [-0.4, -0.2) is 11.2 Å². The van der Waals surface area contributed by atoms with Crippen molar-refractivity contribution in [1.29, 1.82) is 0 Å². The minimum absolute atomic E-state index is 0.180. The van der Waals surface area contributed by atoms with Crippen molar-refractivity contribution in [1.82, 2.24) is 0 Å². The molecule has 0 spiro atoms. The van der Waals surface area contributed by atoms with E-state index in [4.69, 9.17) is 4.74 Å². The summed E-state index contributed by atoms with van der Waals surface area (Å²) in [6.07, 6.45) is 7.93. The van der Waals surface area contributed by atoms with E-state index in [0.717, 1.165) is 23.7 Å². The highest BCUT2D eigenvalue weighted by molar-refractivity contribution is 5.40. The van der Waals surface area contributed by atoms with Gasteiger partial charge in [-0.1, -0.05) is 32.1 Å². The molecule has 18 heavy (non-hydrogen) atoms. The van der Waals surface area contributed by atoms with Crippen LogP contribution in [0.1, 0.15) is 51.5 Å². The molecule has 2 nitrogen and oxygen atoms in total. The van der Waals surface area contributed by atoms with Gasteiger partial charge in [-0.05, 0) is 49.9 Å². The standard InChI is InChI=1S/C16H24O2/c1-12(2)18-16-9-8-15(17)11-14(16)10-13-6-4-3-5-7-13/h8-9,11-13,17H,3-7,10H2,1-2H3. The first kappa shape index (κ1) is 13.3. The number of aromatic hydroxyl groups is 1. The number of hydrogen-bond donors (Lipinski definition) is 1. The van der Waals surface area contributed by atoms with Gasteiger partial charge in [0.2, 0.25) is 0 Å². The Morgan fingerprint density at radius 2 is 1.94 bits per heavy atom. The Labute approximate surface area is 110 Å². The van der Waals surface area contributed by atoms with Crippen molar-refractivity contribution in [3.05, 3.63) is 23.8 Å². The number of hydrogen-bond acceptors (Lipinski definition) is 2. The molecule has 0 amide bonds. The molecule has 0 heterocycles. The van der Waals surface area contributed by atoms with Crippen LogP contribution in [0.3, 0.4) is 0 Å². The van der Waals surface area contributed by atoms with Crippen molar-refractivity contribution in [2.75, 3.05) is 0 Å². The zero-order valence-electron chi connectivity index (χ0n) is 11.5. The van der Waals surface area contributed by atoms with E-state index in [0.29, 0.717) is 5.75 Å². The largest absolute Gasteiger partial charge is 0.508 e. The number of rotatable bonds is 4. The predicted octanol–water partition coefficient (Wildman–Crippen LogP) is 4.30. The third-order valence-electron chi connectivity index (χ3n) is 3.64. The van der Waals surface area contributed by atoms with Gasteiger partial charge < -0.3 is 9.84 Å². The van der Waals surface area contributed by atoms with Crippen molar-refractivity contribution in [3.8, 4) is 11.5 Å². The highest BCUT2D eigenvalue weighted by atomic mass is 16.5. The highest BCUT2D eigenvalue weighted by Crippen LogP contribution is 2.32. The van der Waals surface area contributed by atoms with Gasteiger partial charge in [0.05, 0.1) is 6.10 Å². The quantitative estimate of drug-likeness (QED) is 0.860. The van der Waals surface area contributed by atoms with Crippen LogP contribution in [0.2, 0.25) is 0 Å². The van der Waals surface area contributed by atoms with Crippen molar-refractivity contribution in [2.24, 2.45) is 5.92 Å². The summed E-state index contributed by atoms with van der Waals surface area (Å²) in [7, 11) is 0. The van der Waals surface area contributed by atoms with Crippen LogP contribution >= 0.6 is 0 Å². The van der Waals surface area contributed by atoms with Crippen LogP contribution in [0.4, 0.5) is 0 Å². The molecule has 1 aromatic rings. The number of phenols is 1. The van der Waals surface area contributed by atoms with E-state index in [1.54, 1.807) is 6.07 Å². The van der Waals surface area contributed by atoms with Gasteiger partial charge in [-0.2, -0.15) is 0 Å². The van der Waals surface area contributed by atoms with E-state index in [9.17, 15) is 5.11 Å². The van der Waals surface area contributed by atoms with E-state index in [1.165, 1.54) is 32.1 Å². The van der Waals surface area contributed by atoms with Crippen LogP contribution < -0.4 is 4.74 Å². The summed E-state index contributed by atoms with van der Waals surface area (Å²) in [4.78, 5) is 0. The monoisotopic (exact) mass is 248 g/mol. The Hall–Kier alpha value is -1.18. The van der Waals surface area contributed by atoms with Crippen LogP contribution in [0.5, 0.6) is 11.5 Å². The molecule has 0 atom stereocenters. The van der Waals surface area contributed by atoms with Crippen molar-refractivity contribution >= 4 is 0 Å². The molecular weight excluding hydrogens is 224 g/mol. The SMILES string of the molecule is CC(C)Oc1ccc(O)cc1CC1CCCCC1. The van der Waals surface area contributed by atoms with Gasteiger partial charge in [0.1, 0.15) is 11.5 Å². The second kappa shape index (κ2) is 6.12. The minimum atomic E-state index is 0.180. The van der Waals surface area contributed by atoms with E-state index in [-0.39, 0.29) is 6.10 Å². The fourth-order valence-electron chi connectivity index (χ4n) is 2.80. The van der Waals surface area contributed by atoms with Gasteiger partial charge in [-0.3, -0.25) is 0 Å². The van der Waals surface area contributed by atoms with Gasteiger partial charge in [0.15, 0.2) is 0 Å². The molecule has 0 radical (unpaired) electrons. The van der Waals surface area contributed by atoms with Gasteiger partial charge in [-0.25, -0.2) is 0 Å². The third kappa shape index (κ3) is 3.66. The topological polar surface area (TPSA) is 29.5 Å². The number of phenolic OH excluding ortho intramolecular Hbond substituents is 1. The zero-order valence-corrected chi connectivity index (χ0v) is 11.5. The lowest BCUT2D eigenvalue weighted by Crippen LogP contribution is -2.12. The van der Waals surface area contributed by atoms with Gasteiger partial charge in [0, 0.05) is 0 Å². The van der Waals surface area contributed by atoms with E-state index < -0.39 is 0 Å². The lowest BCUT2D eigenvalue weighted by Gasteiger charge is -2.23. The summed E-state index contributed by atoms with van der Waals surface area (Å²) in [5.74, 6) is 2.04. The van der Waals surface area contributed by atoms with Gasteiger partial charge >= 0.3 is 0 Å². The molecule has 1 aromatic carbocycles. The maximum Gasteiger partial charge on any atom is 0.123 e. The summed E-state index contributed by atoms with van der Waals surface area (Å²) in [5, 5.41) is 9.65. The zero-order chi connectivity index (χ0) is 13.0. The summed E-state index contributed by atoms with van der Waals surface area (Å²) >= 11 is 0. The van der Waals surface area contributed by atoms with E-state index in [2.05, 4.69) is 0 Å². The Morgan fingerprint density at radius 3 is 2.61 bits per heavy atom. The second-order valence-corrected chi connectivity index (χ2v) is 5.67. The fraction of sp³-hybridized carbons (Fsp3) is 0.625. The summed E-state index contributed by atoms with van der Waals surface area (Å²) < 4.78 is 5.83. The molecule has 0 bridgehead atoms. The first-order chi connectivity index (χ1) is 8.65. The van der Waals surface area contributed by atoms with Crippen molar-refractivity contribution < 1.29 is 9.84 Å². The van der Waals surface area contributed by atoms with E-state index in [1.807, 2.05) is 26.0 Å². The highest BCUT2D eigenvalue weighted by Gasteiger charge is 2.17. The van der Waals surface area contributed by atoms with Crippen LogP contribution in [-0.2, 0) is 6.42 Å². The Balaban J connectivity index is 2.10. The van der Waals surface area contributed by atoms with Crippen LogP contribution in [0.25, 0.3) is 0 Å². The molecule has 2 rings (SSSR count). The molecular formula is C16H24O2.